The zero-order chi connectivity index (χ0) is 16.1. The van der Waals surface area contributed by atoms with Gasteiger partial charge in [-0.3, -0.25) is 4.84 Å². The van der Waals surface area contributed by atoms with E-state index in [1.165, 1.54) is 0 Å². The smallest absolute Gasteiger partial charge is 0.0828 e. The lowest BCUT2D eigenvalue weighted by molar-refractivity contribution is -0.110. The average molecular weight is 286 g/mol. The first-order chi connectivity index (χ1) is 9.22. The summed E-state index contributed by atoms with van der Waals surface area (Å²) in [6.45, 7) is 17.4. The molecule has 0 fully saturated rings. The van der Waals surface area contributed by atoms with Crippen molar-refractivity contribution in [2.45, 2.75) is 86.0 Å². The van der Waals surface area contributed by atoms with Gasteiger partial charge < -0.3 is 5.32 Å². The Kier molecular flexibility index (Phi) is 14.4. The van der Waals surface area contributed by atoms with Crippen molar-refractivity contribution in [2.24, 2.45) is 0 Å². The van der Waals surface area contributed by atoms with Crippen LogP contribution in [0.1, 0.15) is 61.8 Å². The fraction of sp³-hybridized carbons (Fsp3) is 0.933. The molecule has 0 radical (unpaired) electrons. The Hall–Kier alpha value is -0.670. The second-order valence-corrected chi connectivity index (χ2v) is 5.92. The monoisotopic (exact) mass is 286 g/mol. The van der Waals surface area contributed by atoms with E-state index in [-0.39, 0.29) is 0 Å². The van der Waals surface area contributed by atoms with Gasteiger partial charge in [0.15, 0.2) is 0 Å². The maximum atomic E-state index is 8.28. The summed E-state index contributed by atoms with van der Waals surface area (Å²) in [6, 6.07) is 4.02. The number of nitrogens with one attached hydrogen (secondary N) is 2. The maximum Gasteiger partial charge on any atom is 0.0828 e. The molecule has 0 unspecified atom stereocenters. The van der Waals surface area contributed by atoms with E-state index in [1.54, 1.807) is 0 Å². The molecule has 0 spiro atoms. The maximum absolute atomic E-state index is 8.28. The van der Waals surface area contributed by atoms with Gasteiger partial charge in [-0.25, -0.2) is 5.01 Å². The third kappa shape index (κ3) is 15.4. The number of nitriles is 1. The molecule has 0 aliphatic carbocycles. The van der Waals surface area contributed by atoms with Crippen LogP contribution in [0.3, 0.4) is 0 Å². The van der Waals surface area contributed by atoms with E-state index in [9.17, 15) is 0 Å². The molecule has 0 heterocycles. The average Bonchev–Trinajstić information content (AvgIpc) is 2.26. The van der Waals surface area contributed by atoms with Crippen LogP contribution >= 0.6 is 0 Å². The first kappa shape index (κ1) is 21.6. The number of hydrogen-bond donors (Lipinski definition) is 2. The van der Waals surface area contributed by atoms with Gasteiger partial charge in [0.05, 0.1) is 19.1 Å². The molecule has 0 aromatic rings. The van der Waals surface area contributed by atoms with Gasteiger partial charge >= 0.3 is 0 Å². The van der Waals surface area contributed by atoms with Gasteiger partial charge in [-0.2, -0.15) is 5.26 Å². The van der Waals surface area contributed by atoms with Crippen LogP contribution in [0.4, 0.5) is 0 Å². The largest absolute Gasteiger partial charge is 0.312 e. The quantitative estimate of drug-likeness (QED) is 0.531. The Morgan fingerprint density at radius 1 is 0.950 bits per heavy atom. The molecule has 0 bridgehead atoms. The number of rotatable bonds is 8. The number of nitrogens with zero attached hydrogens (tertiary/aromatic N) is 2. The Morgan fingerprint density at radius 2 is 1.40 bits per heavy atom. The van der Waals surface area contributed by atoms with Gasteiger partial charge in [0.25, 0.3) is 0 Å². The lowest BCUT2D eigenvalue weighted by atomic mass is 10.3. The summed E-state index contributed by atoms with van der Waals surface area (Å²) in [5, 5.41) is 13.6. The minimum Gasteiger partial charge on any atom is -0.312 e. The highest BCUT2D eigenvalue weighted by Crippen LogP contribution is 2.00. The van der Waals surface area contributed by atoms with Crippen LogP contribution in [0.15, 0.2) is 0 Å². The van der Waals surface area contributed by atoms with E-state index in [4.69, 9.17) is 10.1 Å². The third-order valence-electron chi connectivity index (χ3n) is 2.27. The van der Waals surface area contributed by atoms with Gasteiger partial charge in [0.2, 0.25) is 0 Å². The zero-order valence-corrected chi connectivity index (χ0v) is 14.5. The highest BCUT2D eigenvalue weighted by atomic mass is 16.7. The van der Waals surface area contributed by atoms with Crippen LogP contribution in [0.5, 0.6) is 0 Å². The first-order valence-corrected chi connectivity index (χ1v) is 7.51. The van der Waals surface area contributed by atoms with Crippen molar-refractivity contribution in [2.75, 3.05) is 6.61 Å². The molecule has 0 atom stereocenters. The fourth-order valence-electron chi connectivity index (χ4n) is 1.69. The van der Waals surface area contributed by atoms with Crippen LogP contribution in [-0.4, -0.2) is 35.8 Å². The second kappa shape index (κ2) is 13.3. The Bertz CT molecular complexity index is 233. The summed E-state index contributed by atoms with van der Waals surface area (Å²) in [5.41, 5.74) is 2.84. The van der Waals surface area contributed by atoms with E-state index in [0.717, 1.165) is 0 Å². The van der Waals surface area contributed by atoms with Crippen molar-refractivity contribution in [3.63, 3.8) is 0 Å². The van der Waals surface area contributed by atoms with Gasteiger partial charge in [0.1, 0.15) is 0 Å². The summed E-state index contributed by atoms with van der Waals surface area (Å²) in [5.74, 6) is 0. The molecule has 0 saturated carbocycles. The lowest BCUT2D eigenvalue weighted by Gasteiger charge is -2.29. The van der Waals surface area contributed by atoms with Crippen LogP contribution < -0.4 is 10.9 Å². The number of hydrogen-bond acceptors (Lipinski definition) is 5. The molecule has 0 aliphatic heterocycles. The zero-order valence-electron chi connectivity index (χ0n) is 14.5. The Morgan fingerprint density at radius 3 is 1.65 bits per heavy atom. The highest BCUT2D eigenvalue weighted by Gasteiger charge is 2.12. The van der Waals surface area contributed by atoms with E-state index in [0.29, 0.717) is 37.2 Å². The molecule has 5 heteroatoms. The predicted octanol–water partition coefficient (Wildman–Crippen LogP) is 2.85. The molecule has 2 N–H and O–H groups in total. The van der Waals surface area contributed by atoms with Crippen molar-refractivity contribution >= 4 is 0 Å². The van der Waals surface area contributed by atoms with E-state index in [1.807, 2.05) is 11.1 Å². The molecule has 0 aromatic heterocycles. The first-order valence-electron chi connectivity index (χ1n) is 7.51. The van der Waals surface area contributed by atoms with Crippen LogP contribution in [0.2, 0.25) is 0 Å². The minimum atomic E-state index is 0.377. The van der Waals surface area contributed by atoms with Crippen LogP contribution in [-0.2, 0) is 4.84 Å². The third-order valence-corrected chi connectivity index (χ3v) is 2.27. The molecule has 20 heavy (non-hydrogen) atoms. The summed E-state index contributed by atoms with van der Waals surface area (Å²) in [7, 11) is 0. The van der Waals surface area contributed by atoms with Crippen molar-refractivity contribution in [3.8, 4) is 6.07 Å². The summed E-state index contributed by atoms with van der Waals surface area (Å²) < 4.78 is 0. The molecule has 0 rings (SSSR count). The fourth-order valence-corrected chi connectivity index (χ4v) is 1.69. The molecule has 5 nitrogen and oxygen atoms in total. The topological polar surface area (TPSA) is 60.3 Å². The Balaban J connectivity index is 0. The summed E-state index contributed by atoms with van der Waals surface area (Å²) in [4.78, 5) is 5.11. The summed E-state index contributed by atoms with van der Waals surface area (Å²) in [6.07, 6.45) is 0.414. The van der Waals surface area contributed by atoms with Crippen LogP contribution in [0, 0.1) is 11.3 Å². The Labute approximate surface area is 125 Å². The lowest BCUT2D eigenvalue weighted by Crippen LogP contribution is -2.47. The SMILES string of the molecule is CC(C)N(NOCCC#N)C(C)C.CC(C)NC(C)C. The van der Waals surface area contributed by atoms with Crippen molar-refractivity contribution < 1.29 is 4.84 Å². The van der Waals surface area contributed by atoms with E-state index >= 15 is 0 Å². The molecule has 0 aromatic carbocycles. The van der Waals surface area contributed by atoms with Crippen molar-refractivity contribution in [1.29, 1.82) is 5.26 Å². The van der Waals surface area contributed by atoms with Gasteiger partial charge in [-0.15, -0.1) is 5.59 Å². The van der Waals surface area contributed by atoms with Gasteiger partial charge in [-0.1, -0.05) is 27.7 Å². The summed E-state index contributed by atoms with van der Waals surface area (Å²) >= 11 is 0. The van der Waals surface area contributed by atoms with Crippen molar-refractivity contribution in [1.82, 2.24) is 15.9 Å². The highest BCUT2D eigenvalue weighted by molar-refractivity contribution is 4.67. The van der Waals surface area contributed by atoms with Crippen LogP contribution in [0.25, 0.3) is 0 Å². The molecule has 0 aliphatic rings. The normalized spacial score (nSPS) is 11.2. The minimum absolute atomic E-state index is 0.377. The second-order valence-electron chi connectivity index (χ2n) is 5.92. The molecular weight excluding hydrogens is 252 g/mol. The van der Waals surface area contributed by atoms with Gasteiger partial charge in [0, 0.05) is 24.2 Å². The van der Waals surface area contributed by atoms with Gasteiger partial charge in [-0.05, 0) is 27.7 Å². The number of hydrazine groups is 1. The predicted molar refractivity (Wildman–Crippen MR) is 84.8 cm³/mol. The molecular formula is C15H34N4O. The molecule has 0 amide bonds. The standard InChI is InChI=1S/C9H19N3O.C6H15N/c1-8(2)12(9(3)4)11-13-7-5-6-10;1-5(2)7-6(3)4/h8-9,11H,5,7H2,1-4H3;5-7H,1-4H3. The molecule has 120 valence electrons. The van der Waals surface area contributed by atoms with E-state index < -0.39 is 0 Å². The van der Waals surface area contributed by atoms with E-state index in [2.05, 4.69) is 66.3 Å². The van der Waals surface area contributed by atoms with Crippen molar-refractivity contribution in [3.05, 3.63) is 0 Å². The molecule has 0 saturated heterocycles.